The first-order chi connectivity index (χ1) is 15.9. The van der Waals surface area contributed by atoms with Gasteiger partial charge in [0.1, 0.15) is 16.2 Å². The van der Waals surface area contributed by atoms with Crippen molar-refractivity contribution in [2.75, 3.05) is 56.5 Å². The van der Waals surface area contributed by atoms with E-state index in [2.05, 4.69) is 14.9 Å². The van der Waals surface area contributed by atoms with Crippen molar-refractivity contribution in [2.45, 2.75) is 24.7 Å². The van der Waals surface area contributed by atoms with Crippen molar-refractivity contribution in [3.05, 3.63) is 47.5 Å². The Labute approximate surface area is 194 Å². The zero-order valence-corrected chi connectivity index (χ0v) is 19.8. The lowest BCUT2D eigenvalue weighted by Gasteiger charge is -2.26. The number of aryl methyl sites for hydroxylation is 1. The molecule has 0 spiro atoms. The molecule has 180 valence electrons. The summed E-state index contributed by atoms with van der Waals surface area (Å²) in [5.41, 5.74) is 0.885. The second kappa shape index (κ2) is 11.4. The highest BCUT2D eigenvalue weighted by Gasteiger charge is 2.25. The molecule has 0 radical (unpaired) electrons. The SMILES string of the molecule is CCc1ccc(NS(=O)(=O)c2ccccc2NCCCN2CCOCC2)c(C(=O)O)c1OC. The summed E-state index contributed by atoms with van der Waals surface area (Å²) in [6.45, 7) is 6.65. The second-order valence-electron chi connectivity index (χ2n) is 7.68. The number of rotatable bonds is 11. The Bertz CT molecular complexity index is 1070. The minimum absolute atomic E-state index is 0.0429. The zero-order chi connectivity index (χ0) is 23.8. The van der Waals surface area contributed by atoms with Gasteiger partial charge in [-0.25, -0.2) is 13.2 Å². The van der Waals surface area contributed by atoms with E-state index in [1.165, 1.54) is 19.2 Å². The van der Waals surface area contributed by atoms with Crippen LogP contribution < -0.4 is 14.8 Å². The number of methoxy groups -OCH3 is 1. The zero-order valence-electron chi connectivity index (χ0n) is 19.0. The number of aromatic carboxylic acids is 1. The standard InChI is InChI=1S/C23H31N3O6S/c1-3-17-9-10-19(21(23(27)28)22(17)31-2)25-33(29,30)20-8-5-4-7-18(20)24-11-6-12-26-13-15-32-16-14-26/h4-5,7-10,24-25H,3,6,11-16H2,1-2H3,(H,27,28). The van der Waals surface area contributed by atoms with E-state index in [4.69, 9.17) is 9.47 Å². The van der Waals surface area contributed by atoms with E-state index in [-0.39, 0.29) is 21.9 Å². The first-order valence-electron chi connectivity index (χ1n) is 11.0. The first-order valence-corrected chi connectivity index (χ1v) is 12.4. The van der Waals surface area contributed by atoms with Crippen molar-refractivity contribution >= 4 is 27.4 Å². The molecule has 1 saturated heterocycles. The molecule has 1 heterocycles. The van der Waals surface area contributed by atoms with Gasteiger partial charge >= 0.3 is 5.97 Å². The number of carboxylic acids is 1. The van der Waals surface area contributed by atoms with E-state index in [9.17, 15) is 18.3 Å². The lowest BCUT2D eigenvalue weighted by atomic mass is 10.0. The molecule has 2 aromatic rings. The van der Waals surface area contributed by atoms with Crippen molar-refractivity contribution in [1.82, 2.24) is 4.90 Å². The highest BCUT2D eigenvalue weighted by Crippen LogP contribution is 2.33. The molecule has 0 amide bonds. The summed E-state index contributed by atoms with van der Waals surface area (Å²) in [5.74, 6) is -1.12. The third-order valence-electron chi connectivity index (χ3n) is 5.53. The van der Waals surface area contributed by atoms with Gasteiger partial charge in [0, 0.05) is 19.6 Å². The fourth-order valence-corrected chi connectivity index (χ4v) is 5.09. The molecule has 0 saturated carbocycles. The summed E-state index contributed by atoms with van der Waals surface area (Å²) in [4.78, 5) is 14.3. The van der Waals surface area contributed by atoms with E-state index >= 15 is 0 Å². The number of hydrogen-bond acceptors (Lipinski definition) is 7. The molecule has 9 nitrogen and oxygen atoms in total. The smallest absolute Gasteiger partial charge is 0.341 e. The summed E-state index contributed by atoms with van der Waals surface area (Å²) in [5, 5.41) is 12.9. The molecule has 0 aliphatic carbocycles. The molecule has 1 aliphatic heterocycles. The summed E-state index contributed by atoms with van der Waals surface area (Å²) >= 11 is 0. The van der Waals surface area contributed by atoms with E-state index in [1.807, 2.05) is 6.92 Å². The monoisotopic (exact) mass is 477 g/mol. The summed E-state index contributed by atoms with van der Waals surface area (Å²) in [6, 6.07) is 9.70. The van der Waals surface area contributed by atoms with Gasteiger partial charge in [0.05, 0.1) is 31.7 Å². The minimum atomic E-state index is -4.06. The number of carbonyl (C=O) groups is 1. The van der Waals surface area contributed by atoms with Crippen LogP contribution >= 0.6 is 0 Å². The van der Waals surface area contributed by atoms with Gasteiger partial charge in [0.2, 0.25) is 0 Å². The molecule has 33 heavy (non-hydrogen) atoms. The minimum Gasteiger partial charge on any atom is -0.495 e. The highest BCUT2D eigenvalue weighted by molar-refractivity contribution is 7.92. The summed E-state index contributed by atoms with van der Waals surface area (Å²) < 4.78 is 39.5. The quantitative estimate of drug-likeness (QED) is 0.423. The Morgan fingerprint density at radius 2 is 1.88 bits per heavy atom. The number of anilines is 2. The van der Waals surface area contributed by atoms with Gasteiger partial charge in [0.25, 0.3) is 10.0 Å². The molecule has 3 rings (SSSR count). The average molecular weight is 478 g/mol. The molecule has 3 N–H and O–H groups in total. The molecule has 0 aromatic heterocycles. The van der Waals surface area contributed by atoms with Crippen LogP contribution in [0.1, 0.15) is 29.3 Å². The number of sulfonamides is 1. The van der Waals surface area contributed by atoms with Gasteiger partial charge in [-0.2, -0.15) is 0 Å². The van der Waals surface area contributed by atoms with Crippen molar-refractivity contribution in [3.8, 4) is 5.75 Å². The number of benzene rings is 2. The Kier molecular flexibility index (Phi) is 8.54. The van der Waals surface area contributed by atoms with Gasteiger partial charge in [0.15, 0.2) is 0 Å². The van der Waals surface area contributed by atoms with E-state index in [1.54, 1.807) is 24.3 Å². The largest absolute Gasteiger partial charge is 0.495 e. The topological polar surface area (TPSA) is 117 Å². The van der Waals surface area contributed by atoms with Crippen LogP contribution in [0.3, 0.4) is 0 Å². The fourth-order valence-electron chi connectivity index (χ4n) is 3.83. The molecule has 2 aromatic carbocycles. The Morgan fingerprint density at radius 3 is 2.55 bits per heavy atom. The van der Waals surface area contributed by atoms with Gasteiger partial charge in [-0.3, -0.25) is 9.62 Å². The summed E-state index contributed by atoms with van der Waals surface area (Å²) in [7, 11) is -2.69. The van der Waals surface area contributed by atoms with Gasteiger partial charge in [-0.15, -0.1) is 0 Å². The Hall–Kier alpha value is -2.82. The molecule has 1 aliphatic rings. The highest BCUT2D eigenvalue weighted by atomic mass is 32.2. The number of ether oxygens (including phenoxy) is 2. The lowest BCUT2D eigenvalue weighted by molar-refractivity contribution is 0.0378. The number of morpholine rings is 1. The van der Waals surface area contributed by atoms with Gasteiger partial charge in [-0.05, 0) is 43.1 Å². The Morgan fingerprint density at radius 1 is 1.15 bits per heavy atom. The van der Waals surface area contributed by atoms with Crippen molar-refractivity contribution in [2.24, 2.45) is 0 Å². The average Bonchev–Trinajstić information content (AvgIpc) is 2.82. The maximum Gasteiger partial charge on any atom is 0.341 e. The third-order valence-corrected chi connectivity index (χ3v) is 6.95. The van der Waals surface area contributed by atoms with Crippen molar-refractivity contribution in [3.63, 3.8) is 0 Å². The number of carboxylic acid groups (broad SMARTS) is 1. The molecule has 1 fully saturated rings. The van der Waals surface area contributed by atoms with Crippen molar-refractivity contribution in [1.29, 1.82) is 0 Å². The number of para-hydroxylation sites is 1. The van der Waals surface area contributed by atoms with Crippen LogP contribution in [-0.4, -0.2) is 70.9 Å². The number of nitrogens with one attached hydrogen (secondary N) is 2. The molecule has 0 bridgehead atoms. The summed E-state index contributed by atoms with van der Waals surface area (Å²) in [6.07, 6.45) is 1.40. The van der Waals surface area contributed by atoms with E-state index < -0.39 is 16.0 Å². The van der Waals surface area contributed by atoms with Crippen LogP contribution in [0.2, 0.25) is 0 Å². The van der Waals surface area contributed by atoms with Crippen LogP contribution in [0.25, 0.3) is 0 Å². The maximum atomic E-state index is 13.2. The molecule has 0 atom stereocenters. The van der Waals surface area contributed by atoms with Gasteiger partial charge < -0.3 is 19.9 Å². The van der Waals surface area contributed by atoms with Crippen LogP contribution in [0.15, 0.2) is 41.3 Å². The third kappa shape index (κ3) is 6.16. The van der Waals surface area contributed by atoms with Crippen LogP contribution in [-0.2, 0) is 21.2 Å². The lowest BCUT2D eigenvalue weighted by Crippen LogP contribution is -2.37. The normalized spacial score (nSPS) is 14.6. The molecule has 0 unspecified atom stereocenters. The van der Waals surface area contributed by atoms with Crippen LogP contribution in [0, 0.1) is 0 Å². The number of nitrogens with zero attached hydrogens (tertiary/aromatic N) is 1. The predicted molar refractivity (Wildman–Crippen MR) is 127 cm³/mol. The molecular formula is C23H31N3O6S. The van der Waals surface area contributed by atoms with E-state index in [0.29, 0.717) is 24.2 Å². The molecule has 10 heteroatoms. The Balaban J connectivity index is 1.78. The maximum absolute atomic E-state index is 13.2. The van der Waals surface area contributed by atoms with Crippen LogP contribution in [0.5, 0.6) is 5.75 Å². The predicted octanol–water partition coefficient (Wildman–Crippen LogP) is 2.89. The second-order valence-corrected chi connectivity index (χ2v) is 9.33. The fraction of sp³-hybridized carbons (Fsp3) is 0.435. The first kappa shape index (κ1) is 24.8. The van der Waals surface area contributed by atoms with E-state index in [0.717, 1.165) is 39.3 Å². The number of hydrogen-bond donors (Lipinski definition) is 3. The van der Waals surface area contributed by atoms with Gasteiger partial charge in [-0.1, -0.05) is 25.1 Å². The van der Waals surface area contributed by atoms with Crippen LogP contribution in [0.4, 0.5) is 11.4 Å². The molecular weight excluding hydrogens is 446 g/mol. The van der Waals surface area contributed by atoms with Crippen molar-refractivity contribution < 1.29 is 27.8 Å².